The van der Waals surface area contributed by atoms with Crippen LogP contribution in [-0.4, -0.2) is 29.0 Å². The Morgan fingerprint density at radius 2 is 2.03 bits per heavy atom. The van der Waals surface area contributed by atoms with Crippen LogP contribution in [0.25, 0.3) is 11.4 Å². The fourth-order valence-corrected chi connectivity index (χ4v) is 4.04. The summed E-state index contributed by atoms with van der Waals surface area (Å²) in [5, 5.41) is 2.93. The molecule has 6 nitrogen and oxygen atoms in total. The number of amides is 1. The van der Waals surface area contributed by atoms with Gasteiger partial charge in [0.2, 0.25) is 0 Å². The summed E-state index contributed by atoms with van der Waals surface area (Å²) in [5.41, 5.74) is 2.60. The molecule has 0 bridgehead atoms. The van der Waals surface area contributed by atoms with Crippen molar-refractivity contribution < 1.29 is 9.21 Å². The number of carbonyl (C=O) groups excluding carboxylic acids is 1. The van der Waals surface area contributed by atoms with E-state index in [1.54, 1.807) is 12.5 Å². The lowest BCUT2D eigenvalue weighted by Crippen LogP contribution is -2.36. The highest BCUT2D eigenvalue weighted by Crippen LogP contribution is 2.29. The molecule has 0 radical (unpaired) electrons. The van der Waals surface area contributed by atoms with E-state index in [4.69, 9.17) is 9.40 Å². The number of carbonyl (C=O) groups is 1. The topological polar surface area (TPSA) is 71.3 Å². The molecule has 1 aromatic carbocycles. The smallest absolute Gasteiger partial charge is 0.256 e. The summed E-state index contributed by atoms with van der Waals surface area (Å²) in [4.78, 5) is 24.5. The molecule has 4 rings (SSSR count). The van der Waals surface area contributed by atoms with Gasteiger partial charge in [-0.2, -0.15) is 0 Å². The molecule has 2 heterocycles. The summed E-state index contributed by atoms with van der Waals surface area (Å²) in [5.74, 6) is 1.84. The van der Waals surface area contributed by atoms with Crippen molar-refractivity contribution in [2.45, 2.75) is 51.6 Å². The molecular weight excluding hydrogens is 376 g/mol. The van der Waals surface area contributed by atoms with Crippen molar-refractivity contribution in [2.75, 3.05) is 11.9 Å². The van der Waals surface area contributed by atoms with Gasteiger partial charge in [-0.05, 0) is 38.0 Å². The Balaban J connectivity index is 1.65. The van der Waals surface area contributed by atoms with Crippen molar-refractivity contribution >= 4 is 11.7 Å². The summed E-state index contributed by atoms with van der Waals surface area (Å²) in [6.45, 7) is 2.38. The predicted molar refractivity (Wildman–Crippen MR) is 117 cm³/mol. The molecule has 1 saturated carbocycles. The van der Waals surface area contributed by atoms with Gasteiger partial charge >= 0.3 is 0 Å². The molecule has 1 aliphatic carbocycles. The third-order valence-corrected chi connectivity index (χ3v) is 5.75. The maximum absolute atomic E-state index is 13.0. The summed E-state index contributed by atoms with van der Waals surface area (Å²) >= 11 is 0. The largest absolute Gasteiger partial charge is 0.467 e. The molecule has 1 aliphatic rings. The van der Waals surface area contributed by atoms with Crippen LogP contribution in [0, 0.1) is 6.92 Å². The lowest BCUT2D eigenvalue weighted by atomic mass is 9.94. The number of furan rings is 1. The summed E-state index contributed by atoms with van der Waals surface area (Å²) in [6.07, 6.45) is 9.19. The highest BCUT2D eigenvalue weighted by molar-refractivity contribution is 5.98. The van der Waals surface area contributed by atoms with Crippen molar-refractivity contribution in [3.05, 3.63) is 65.7 Å². The zero-order valence-corrected chi connectivity index (χ0v) is 17.6. The zero-order chi connectivity index (χ0) is 20.9. The monoisotopic (exact) mass is 404 g/mol. The van der Waals surface area contributed by atoms with Crippen molar-refractivity contribution in [1.82, 2.24) is 15.3 Å². The van der Waals surface area contributed by atoms with Gasteiger partial charge in [0.25, 0.3) is 5.91 Å². The minimum absolute atomic E-state index is 0.195. The van der Waals surface area contributed by atoms with Crippen LogP contribution < -0.4 is 10.2 Å². The van der Waals surface area contributed by atoms with E-state index in [2.05, 4.69) is 34.3 Å². The Labute approximate surface area is 177 Å². The first-order valence-electron chi connectivity index (χ1n) is 10.6. The van der Waals surface area contributed by atoms with Crippen molar-refractivity contribution in [2.24, 2.45) is 0 Å². The van der Waals surface area contributed by atoms with Gasteiger partial charge in [-0.15, -0.1) is 0 Å². The van der Waals surface area contributed by atoms with Gasteiger partial charge in [0.1, 0.15) is 17.1 Å². The molecule has 30 heavy (non-hydrogen) atoms. The van der Waals surface area contributed by atoms with E-state index in [-0.39, 0.29) is 5.91 Å². The molecule has 0 saturated heterocycles. The predicted octanol–water partition coefficient (Wildman–Crippen LogP) is 4.74. The van der Waals surface area contributed by atoms with E-state index in [9.17, 15) is 4.79 Å². The van der Waals surface area contributed by atoms with Gasteiger partial charge in [-0.1, -0.05) is 43.0 Å². The Morgan fingerprint density at radius 3 is 2.77 bits per heavy atom. The second-order valence-electron chi connectivity index (χ2n) is 7.97. The SMILES string of the molecule is Cc1cccc(-c2ncc(C(=O)NCc3ccco3)c(N(C)C3CCCCC3)n2)c1. The van der Waals surface area contributed by atoms with Crippen LogP contribution in [0.4, 0.5) is 5.82 Å². The second kappa shape index (κ2) is 9.11. The molecule has 6 heteroatoms. The normalized spacial score (nSPS) is 14.5. The lowest BCUT2D eigenvalue weighted by Gasteiger charge is -2.33. The highest BCUT2D eigenvalue weighted by atomic mass is 16.3. The molecule has 2 aromatic heterocycles. The summed E-state index contributed by atoms with van der Waals surface area (Å²) < 4.78 is 5.32. The molecule has 0 unspecified atom stereocenters. The minimum Gasteiger partial charge on any atom is -0.467 e. The molecule has 156 valence electrons. The van der Waals surface area contributed by atoms with Crippen molar-refractivity contribution in [3.8, 4) is 11.4 Å². The maximum Gasteiger partial charge on any atom is 0.256 e. The quantitative estimate of drug-likeness (QED) is 0.642. The molecule has 1 fully saturated rings. The van der Waals surface area contributed by atoms with Crippen LogP contribution in [0.3, 0.4) is 0 Å². The third kappa shape index (κ3) is 4.53. The fourth-order valence-electron chi connectivity index (χ4n) is 4.04. The summed E-state index contributed by atoms with van der Waals surface area (Å²) in [6, 6.07) is 12.2. The second-order valence-corrected chi connectivity index (χ2v) is 7.97. The molecule has 0 spiro atoms. The fraction of sp³-hybridized carbons (Fsp3) is 0.375. The minimum atomic E-state index is -0.195. The number of nitrogens with zero attached hydrogens (tertiary/aromatic N) is 3. The van der Waals surface area contributed by atoms with E-state index >= 15 is 0 Å². The Bertz CT molecular complexity index is 994. The Kier molecular flexibility index (Phi) is 6.12. The third-order valence-electron chi connectivity index (χ3n) is 5.75. The van der Waals surface area contributed by atoms with E-state index in [0.717, 1.165) is 24.0 Å². The van der Waals surface area contributed by atoms with Crippen molar-refractivity contribution in [3.63, 3.8) is 0 Å². The van der Waals surface area contributed by atoms with Gasteiger partial charge < -0.3 is 14.6 Å². The molecule has 0 aliphatic heterocycles. The Morgan fingerprint density at radius 1 is 1.20 bits per heavy atom. The van der Waals surface area contributed by atoms with E-state index in [1.165, 1.54) is 19.3 Å². The molecular formula is C24H28N4O2. The number of benzene rings is 1. The van der Waals surface area contributed by atoms with Gasteiger partial charge in [-0.25, -0.2) is 9.97 Å². The van der Waals surface area contributed by atoms with Gasteiger partial charge in [0, 0.05) is 24.8 Å². The van der Waals surface area contributed by atoms with Crippen LogP contribution in [0.15, 0.2) is 53.3 Å². The van der Waals surface area contributed by atoms with E-state index in [0.29, 0.717) is 35.6 Å². The number of rotatable bonds is 6. The zero-order valence-electron chi connectivity index (χ0n) is 17.6. The van der Waals surface area contributed by atoms with Crippen molar-refractivity contribution in [1.29, 1.82) is 0 Å². The number of anilines is 1. The number of hydrogen-bond acceptors (Lipinski definition) is 5. The molecule has 0 atom stereocenters. The first kappa shape index (κ1) is 20.1. The van der Waals surface area contributed by atoms with Gasteiger partial charge in [0.05, 0.1) is 12.8 Å². The lowest BCUT2D eigenvalue weighted by molar-refractivity contribution is 0.0947. The molecule has 1 N–H and O–H groups in total. The van der Waals surface area contributed by atoms with Crippen LogP contribution >= 0.6 is 0 Å². The Hall–Kier alpha value is -3.15. The number of aromatic nitrogens is 2. The van der Waals surface area contributed by atoms with Gasteiger partial charge in [0.15, 0.2) is 5.82 Å². The summed E-state index contributed by atoms with van der Waals surface area (Å²) in [7, 11) is 2.04. The molecule has 3 aromatic rings. The van der Waals surface area contributed by atoms with E-state index < -0.39 is 0 Å². The average molecular weight is 405 g/mol. The van der Waals surface area contributed by atoms with Crippen LogP contribution in [0.5, 0.6) is 0 Å². The number of hydrogen-bond donors (Lipinski definition) is 1. The van der Waals surface area contributed by atoms with E-state index in [1.807, 2.05) is 31.3 Å². The van der Waals surface area contributed by atoms with Crippen LogP contribution in [0.2, 0.25) is 0 Å². The highest BCUT2D eigenvalue weighted by Gasteiger charge is 2.25. The average Bonchev–Trinajstić information content (AvgIpc) is 3.31. The standard InChI is InChI=1S/C24H28N4O2/c1-17-8-6-9-18(14-17)22-25-16-21(24(29)26-15-20-12-7-13-30-20)23(27-22)28(2)19-10-4-3-5-11-19/h6-9,12-14,16,19H,3-5,10-11,15H2,1-2H3,(H,26,29). The van der Waals surface area contributed by atoms with Crippen LogP contribution in [0.1, 0.15) is 53.8 Å². The maximum atomic E-state index is 13.0. The van der Waals surface area contributed by atoms with Crippen LogP contribution in [-0.2, 0) is 6.54 Å². The number of aryl methyl sites for hydroxylation is 1. The first-order valence-corrected chi connectivity index (χ1v) is 10.6. The number of nitrogens with one attached hydrogen (secondary N) is 1. The first-order chi connectivity index (χ1) is 14.6. The molecule has 1 amide bonds. The van der Waals surface area contributed by atoms with Gasteiger partial charge in [-0.3, -0.25) is 4.79 Å².